The van der Waals surface area contributed by atoms with Gasteiger partial charge in [-0.2, -0.15) is 0 Å². The van der Waals surface area contributed by atoms with E-state index in [-0.39, 0.29) is 24.0 Å². The summed E-state index contributed by atoms with van der Waals surface area (Å²) < 4.78 is 2.16. The molecule has 0 radical (unpaired) electrons. The van der Waals surface area contributed by atoms with Crippen LogP contribution < -0.4 is 27.9 Å². The first-order chi connectivity index (χ1) is 3.70. The van der Waals surface area contributed by atoms with Crippen LogP contribution in [0.3, 0.4) is 0 Å². The molecule has 1 aromatic heterocycles. The first kappa shape index (κ1) is 9.36. The number of aryl methyl sites for hydroxylation is 3. The van der Waals surface area contributed by atoms with Gasteiger partial charge in [-0.05, 0) is 6.92 Å². The third kappa shape index (κ3) is 2.21. The lowest BCUT2D eigenvalue weighted by Crippen LogP contribution is -3.00. The van der Waals surface area contributed by atoms with E-state index in [4.69, 9.17) is 0 Å². The van der Waals surface area contributed by atoms with Gasteiger partial charge in [0.15, 0.2) is 12.7 Å². The lowest BCUT2D eigenvalue weighted by Gasteiger charge is -1.72. The van der Waals surface area contributed by atoms with E-state index < -0.39 is 0 Å². The fourth-order valence-corrected chi connectivity index (χ4v) is 1.55. The Kier molecular flexibility index (Phi) is 3.65. The highest BCUT2D eigenvalue weighted by molar-refractivity contribution is 7.01. The smallest absolute Gasteiger partial charge is 0.193 e. The highest BCUT2D eigenvalue weighted by Gasteiger charge is 2.02. The van der Waals surface area contributed by atoms with Gasteiger partial charge in [-0.3, -0.25) is 0 Å². The summed E-state index contributed by atoms with van der Waals surface area (Å²) in [5, 5.41) is 0. The van der Waals surface area contributed by atoms with Crippen LogP contribution in [0.25, 0.3) is 0 Å². The molecule has 3 heteroatoms. The fourth-order valence-electron chi connectivity index (χ4n) is 0.699. The zero-order chi connectivity index (χ0) is 6.15. The number of nitrogens with zero attached hydrogens (tertiary/aromatic N) is 1. The molecule has 0 unspecified atom stereocenters. The van der Waals surface area contributed by atoms with E-state index in [1.807, 2.05) is 0 Å². The predicted octanol–water partition coefficient (Wildman–Crippen LogP) is -1.81. The lowest BCUT2D eigenvalue weighted by molar-refractivity contribution is -0.607. The first-order valence-electron chi connectivity index (χ1n) is 2.63. The van der Waals surface area contributed by atoms with Crippen molar-refractivity contribution in [3.8, 4) is 0 Å². The molecule has 0 amide bonds. The molecular weight excluding hydrogens is 245 g/mol. The minimum atomic E-state index is 0. The molecule has 0 aliphatic rings. The third-order valence-electron chi connectivity index (χ3n) is 1.19. The Bertz CT molecular complexity index is 175. The van der Waals surface area contributed by atoms with Crippen molar-refractivity contribution in [2.24, 2.45) is 7.05 Å². The Hall–Kier alpha value is 0.360. The largest absolute Gasteiger partial charge is 1.00 e. The summed E-state index contributed by atoms with van der Waals surface area (Å²) in [7, 11) is 2.08. The van der Waals surface area contributed by atoms with Crippen LogP contribution >= 0.6 is 11.5 Å². The quantitative estimate of drug-likeness (QED) is 0.380. The predicted molar refractivity (Wildman–Crippen MR) is 35.0 cm³/mol. The van der Waals surface area contributed by atoms with Gasteiger partial charge in [0.05, 0.1) is 4.88 Å². The van der Waals surface area contributed by atoms with Gasteiger partial charge in [-0.1, -0.05) is 0 Å². The van der Waals surface area contributed by atoms with Crippen LogP contribution in [0.1, 0.15) is 10.6 Å². The summed E-state index contributed by atoms with van der Waals surface area (Å²) in [6.45, 7) is 4.24. The number of aromatic nitrogens is 1. The van der Waals surface area contributed by atoms with Crippen LogP contribution in [0.15, 0.2) is 6.07 Å². The van der Waals surface area contributed by atoms with Crippen LogP contribution in [0.5, 0.6) is 0 Å². The van der Waals surface area contributed by atoms with Gasteiger partial charge in [-0.25, -0.2) is 0 Å². The summed E-state index contributed by atoms with van der Waals surface area (Å²) in [5.41, 5.74) is 1.34. The van der Waals surface area contributed by atoms with E-state index in [9.17, 15) is 0 Å². The van der Waals surface area contributed by atoms with Gasteiger partial charge in [0, 0.05) is 13.0 Å². The van der Waals surface area contributed by atoms with Gasteiger partial charge in [-0.15, -0.1) is 3.96 Å². The monoisotopic (exact) mass is 255 g/mol. The van der Waals surface area contributed by atoms with Crippen LogP contribution in [0.2, 0.25) is 0 Å². The van der Waals surface area contributed by atoms with Crippen molar-refractivity contribution in [1.82, 2.24) is 0 Å². The average molecular weight is 255 g/mol. The van der Waals surface area contributed by atoms with E-state index in [1.165, 1.54) is 10.6 Å². The van der Waals surface area contributed by atoms with Crippen LogP contribution in [0, 0.1) is 13.8 Å². The summed E-state index contributed by atoms with van der Waals surface area (Å²) in [4.78, 5) is 1.38. The van der Waals surface area contributed by atoms with Crippen LogP contribution in [-0.4, -0.2) is 0 Å². The summed E-state index contributed by atoms with van der Waals surface area (Å²) in [5.74, 6) is 0. The lowest BCUT2D eigenvalue weighted by atomic mass is 10.4. The molecule has 0 N–H and O–H groups in total. The number of hydrogen-bond donors (Lipinski definition) is 0. The molecule has 1 aromatic rings. The summed E-state index contributed by atoms with van der Waals surface area (Å²) in [6, 6.07) is 2.19. The number of rotatable bonds is 0. The first-order valence-corrected chi connectivity index (χ1v) is 3.41. The molecule has 0 bridgehead atoms. The Morgan fingerprint density at radius 3 is 2.11 bits per heavy atom. The van der Waals surface area contributed by atoms with E-state index in [1.54, 1.807) is 11.5 Å². The molecule has 1 rings (SSSR count). The molecule has 0 aliphatic carbocycles. The highest BCUT2D eigenvalue weighted by Crippen LogP contribution is 2.02. The Morgan fingerprint density at radius 1 is 1.44 bits per heavy atom. The van der Waals surface area contributed by atoms with Gasteiger partial charge >= 0.3 is 0 Å². The van der Waals surface area contributed by atoms with Crippen molar-refractivity contribution in [3.63, 3.8) is 0 Å². The topological polar surface area (TPSA) is 3.88 Å². The molecule has 0 spiro atoms. The minimum absolute atomic E-state index is 0. The molecule has 0 aliphatic heterocycles. The summed E-state index contributed by atoms with van der Waals surface area (Å²) in [6.07, 6.45) is 0. The second kappa shape index (κ2) is 3.51. The SMILES string of the molecule is Cc1cc(C)[n+](C)s1.[I-]. The molecule has 9 heavy (non-hydrogen) atoms. The van der Waals surface area contributed by atoms with Crippen molar-refractivity contribution >= 4 is 11.5 Å². The minimum Gasteiger partial charge on any atom is -1.00 e. The molecule has 0 atom stereocenters. The Labute approximate surface area is 76.9 Å². The van der Waals surface area contributed by atoms with Gasteiger partial charge in [0.2, 0.25) is 0 Å². The second-order valence-electron chi connectivity index (χ2n) is 1.99. The maximum atomic E-state index is 2.19. The van der Waals surface area contributed by atoms with Gasteiger partial charge < -0.3 is 24.0 Å². The van der Waals surface area contributed by atoms with Crippen molar-refractivity contribution < 1.29 is 27.9 Å². The number of halogens is 1. The maximum absolute atomic E-state index is 2.19. The highest BCUT2D eigenvalue weighted by atomic mass is 127. The zero-order valence-corrected chi connectivity index (χ0v) is 8.78. The third-order valence-corrected chi connectivity index (χ3v) is 2.16. The fraction of sp³-hybridized carbons (Fsp3) is 0.500. The Morgan fingerprint density at radius 2 is 2.00 bits per heavy atom. The molecular formula is C6H10INS. The van der Waals surface area contributed by atoms with E-state index in [0.717, 1.165) is 0 Å². The van der Waals surface area contributed by atoms with Crippen molar-refractivity contribution in [3.05, 3.63) is 16.6 Å². The van der Waals surface area contributed by atoms with Crippen molar-refractivity contribution in [1.29, 1.82) is 0 Å². The average Bonchev–Trinajstić information content (AvgIpc) is 1.85. The maximum Gasteiger partial charge on any atom is 0.193 e. The van der Waals surface area contributed by atoms with E-state index in [0.29, 0.717) is 0 Å². The van der Waals surface area contributed by atoms with Crippen molar-refractivity contribution in [2.75, 3.05) is 0 Å². The molecule has 0 saturated carbocycles. The van der Waals surface area contributed by atoms with Gasteiger partial charge in [0.1, 0.15) is 11.5 Å². The zero-order valence-electron chi connectivity index (χ0n) is 5.81. The standard InChI is InChI=1S/C6H10NS.HI/c1-5-4-6(2)8-7(5)3;/h4H,1-3H3;1H/q+1;/p-1. The molecule has 1 heterocycles. The molecule has 0 saturated heterocycles. The van der Waals surface area contributed by atoms with Crippen LogP contribution in [-0.2, 0) is 7.05 Å². The van der Waals surface area contributed by atoms with Gasteiger partial charge in [0.25, 0.3) is 0 Å². The van der Waals surface area contributed by atoms with E-state index >= 15 is 0 Å². The normalized spacial score (nSPS) is 8.78. The molecule has 1 nitrogen and oxygen atoms in total. The Balaban J connectivity index is 0.000000640. The van der Waals surface area contributed by atoms with E-state index in [2.05, 4.69) is 30.9 Å². The van der Waals surface area contributed by atoms with Crippen molar-refractivity contribution in [2.45, 2.75) is 13.8 Å². The molecule has 0 fully saturated rings. The number of hydrogen-bond acceptors (Lipinski definition) is 1. The second-order valence-corrected chi connectivity index (χ2v) is 3.36. The summed E-state index contributed by atoms with van der Waals surface area (Å²) >= 11 is 1.79. The molecule has 52 valence electrons. The van der Waals surface area contributed by atoms with Crippen LogP contribution in [0.4, 0.5) is 0 Å². The molecule has 0 aromatic carbocycles.